The van der Waals surface area contributed by atoms with Gasteiger partial charge in [-0.05, 0) is 80.3 Å². The van der Waals surface area contributed by atoms with E-state index in [0.29, 0.717) is 30.6 Å². The summed E-state index contributed by atoms with van der Waals surface area (Å²) in [5.41, 5.74) is -0.251. The predicted molar refractivity (Wildman–Crippen MR) is 107 cm³/mol. The fourth-order valence-corrected chi connectivity index (χ4v) is 8.14. The van der Waals surface area contributed by atoms with E-state index in [1.807, 2.05) is 6.08 Å². The van der Waals surface area contributed by atoms with E-state index in [-0.39, 0.29) is 33.7 Å². The number of allylic oxidation sites excluding steroid dienone is 1. The normalized spacial score (nSPS) is 47.5. The molecule has 0 aromatic carbocycles. The van der Waals surface area contributed by atoms with Crippen molar-refractivity contribution in [3.05, 3.63) is 11.6 Å². The van der Waals surface area contributed by atoms with Gasteiger partial charge < -0.3 is 4.74 Å². The highest BCUT2D eigenvalue weighted by Gasteiger charge is 2.68. The topological polar surface area (TPSA) is 60.4 Å². The summed E-state index contributed by atoms with van der Waals surface area (Å²) in [6.45, 7) is 7.42. The Morgan fingerprint density at radius 3 is 2.43 bits per heavy atom. The third-order valence-electron chi connectivity index (χ3n) is 8.94. The molecule has 3 fully saturated rings. The number of hydrogen-bond acceptors (Lipinski definition) is 4. The molecule has 3 saturated carbocycles. The molecule has 5 heteroatoms. The fourth-order valence-electron chi connectivity index (χ4n) is 7.62. The van der Waals surface area contributed by atoms with Crippen molar-refractivity contribution in [2.24, 2.45) is 28.6 Å². The number of ketones is 2. The molecule has 0 aliphatic heterocycles. The Morgan fingerprint density at radius 1 is 1.11 bits per heavy atom. The summed E-state index contributed by atoms with van der Waals surface area (Å²) in [5, 5.41) is -0.126. The van der Waals surface area contributed by atoms with Crippen LogP contribution in [0, 0.1) is 28.6 Å². The van der Waals surface area contributed by atoms with Gasteiger partial charge in [-0.25, -0.2) is 0 Å². The maximum absolute atomic E-state index is 12.8. The van der Waals surface area contributed by atoms with Crippen LogP contribution in [-0.2, 0) is 19.1 Å². The number of fused-ring (bicyclic) bond motifs is 5. The number of rotatable bonds is 2. The van der Waals surface area contributed by atoms with Crippen LogP contribution in [0.1, 0.15) is 72.6 Å². The summed E-state index contributed by atoms with van der Waals surface area (Å²) in [4.78, 5) is 36.7. The summed E-state index contributed by atoms with van der Waals surface area (Å²) in [7, 11) is 0. The third-order valence-corrected chi connectivity index (χ3v) is 9.36. The lowest BCUT2D eigenvalue weighted by Crippen LogP contribution is -2.59. The molecule has 0 amide bonds. The number of carbonyl (C=O) groups is 3. The number of Topliss-reactive ketones (excluding diaryl/α,β-unsaturated/α-hetero) is 1. The zero-order valence-corrected chi connectivity index (χ0v) is 18.1. The summed E-state index contributed by atoms with van der Waals surface area (Å²) in [6.07, 6.45) is 7.48. The lowest BCUT2D eigenvalue weighted by molar-refractivity contribution is -0.187. The molecule has 0 bridgehead atoms. The van der Waals surface area contributed by atoms with E-state index in [9.17, 15) is 14.4 Å². The van der Waals surface area contributed by atoms with Crippen molar-refractivity contribution in [1.82, 2.24) is 0 Å². The fraction of sp³-hybridized carbons (Fsp3) is 0.783. The second-order valence-electron chi connectivity index (χ2n) is 10.0. The van der Waals surface area contributed by atoms with E-state index in [2.05, 4.69) is 13.8 Å². The van der Waals surface area contributed by atoms with Crippen LogP contribution in [0.25, 0.3) is 0 Å². The molecule has 0 radical (unpaired) electrons. The molecule has 0 saturated heterocycles. The van der Waals surface area contributed by atoms with E-state index in [0.717, 1.165) is 37.7 Å². The van der Waals surface area contributed by atoms with Crippen molar-refractivity contribution in [3.63, 3.8) is 0 Å². The first kappa shape index (κ1) is 20.1. The van der Waals surface area contributed by atoms with Gasteiger partial charge in [0.05, 0.1) is 5.38 Å². The van der Waals surface area contributed by atoms with Gasteiger partial charge in [0, 0.05) is 18.8 Å². The number of hydrogen-bond donors (Lipinski definition) is 0. The lowest BCUT2D eigenvalue weighted by atomic mass is 9.46. The predicted octanol–water partition coefficient (Wildman–Crippen LogP) is 4.63. The van der Waals surface area contributed by atoms with Crippen LogP contribution < -0.4 is 0 Å². The molecule has 0 spiro atoms. The van der Waals surface area contributed by atoms with Crippen LogP contribution in [0.5, 0.6) is 0 Å². The first-order chi connectivity index (χ1) is 13.0. The lowest BCUT2D eigenvalue weighted by Gasteiger charge is -2.60. The van der Waals surface area contributed by atoms with Crippen LogP contribution in [0.3, 0.4) is 0 Å². The molecule has 0 aromatic rings. The number of alkyl halides is 1. The van der Waals surface area contributed by atoms with Crippen molar-refractivity contribution in [2.75, 3.05) is 0 Å². The van der Waals surface area contributed by atoms with Crippen LogP contribution in [-0.4, -0.2) is 28.5 Å². The average Bonchev–Trinajstić information content (AvgIpc) is 2.90. The van der Waals surface area contributed by atoms with E-state index in [4.69, 9.17) is 16.3 Å². The van der Waals surface area contributed by atoms with Crippen molar-refractivity contribution >= 4 is 29.1 Å². The summed E-state index contributed by atoms with van der Waals surface area (Å²) < 4.78 is 5.81. The average molecular weight is 407 g/mol. The molecule has 0 N–H and O–H groups in total. The largest absolute Gasteiger partial charge is 0.451 e. The van der Waals surface area contributed by atoms with Gasteiger partial charge >= 0.3 is 5.97 Å². The number of halogens is 1. The molecule has 4 rings (SSSR count). The molecular weight excluding hydrogens is 376 g/mol. The second kappa shape index (κ2) is 6.42. The second-order valence-corrected chi connectivity index (χ2v) is 10.6. The number of carbonyl (C=O) groups excluding carboxylic acids is 3. The zero-order valence-electron chi connectivity index (χ0n) is 17.3. The Kier molecular flexibility index (Phi) is 4.61. The maximum Gasteiger partial charge on any atom is 0.303 e. The van der Waals surface area contributed by atoms with Crippen molar-refractivity contribution in [3.8, 4) is 0 Å². The Hall–Kier alpha value is -1.16. The minimum atomic E-state index is -1.00. The molecule has 4 aliphatic carbocycles. The molecule has 0 unspecified atom stereocenters. The zero-order chi connectivity index (χ0) is 20.5. The van der Waals surface area contributed by atoms with Crippen molar-refractivity contribution in [1.29, 1.82) is 0 Å². The molecule has 0 heterocycles. The molecule has 4 nitrogen and oxygen atoms in total. The Labute approximate surface area is 172 Å². The maximum atomic E-state index is 12.8. The van der Waals surface area contributed by atoms with Gasteiger partial charge in [0.2, 0.25) is 0 Å². The number of esters is 1. The monoisotopic (exact) mass is 406 g/mol. The van der Waals surface area contributed by atoms with Gasteiger partial charge in [-0.2, -0.15) is 0 Å². The van der Waals surface area contributed by atoms with Crippen LogP contribution in [0.15, 0.2) is 11.6 Å². The van der Waals surface area contributed by atoms with Gasteiger partial charge in [0.1, 0.15) is 0 Å². The Balaban J connectivity index is 1.73. The SMILES string of the molecule is CC(=O)O[C@]1(C(C)=O)CC[C@H]2[C@@H]3C[C@@H](Cl)C4=CC(=O)CC[C@@]4(C)[C@@H]3CC[C@@]21C. The molecular formula is C23H31ClO4. The first-order valence-corrected chi connectivity index (χ1v) is 11.1. The molecule has 154 valence electrons. The quantitative estimate of drug-likeness (QED) is 0.495. The molecule has 0 aromatic heterocycles. The van der Waals surface area contributed by atoms with Crippen molar-refractivity contribution in [2.45, 2.75) is 83.6 Å². The highest BCUT2D eigenvalue weighted by Crippen LogP contribution is 2.68. The van der Waals surface area contributed by atoms with Gasteiger partial charge in [-0.1, -0.05) is 13.8 Å². The summed E-state index contributed by atoms with van der Waals surface area (Å²) in [5.74, 6) is 0.976. The van der Waals surface area contributed by atoms with Crippen LogP contribution in [0.2, 0.25) is 0 Å². The van der Waals surface area contributed by atoms with Crippen molar-refractivity contribution < 1.29 is 19.1 Å². The van der Waals surface area contributed by atoms with Gasteiger partial charge in [0.15, 0.2) is 17.2 Å². The van der Waals surface area contributed by atoms with E-state index in [1.165, 1.54) is 6.92 Å². The Morgan fingerprint density at radius 2 is 1.79 bits per heavy atom. The smallest absolute Gasteiger partial charge is 0.303 e. The minimum Gasteiger partial charge on any atom is -0.451 e. The highest BCUT2D eigenvalue weighted by atomic mass is 35.5. The summed E-state index contributed by atoms with van der Waals surface area (Å²) >= 11 is 6.85. The van der Waals surface area contributed by atoms with Gasteiger partial charge in [0.25, 0.3) is 0 Å². The van der Waals surface area contributed by atoms with Gasteiger partial charge in [-0.15, -0.1) is 11.6 Å². The van der Waals surface area contributed by atoms with Crippen LogP contribution >= 0.6 is 11.6 Å². The first-order valence-electron chi connectivity index (χ1n) is 10.6. The van der Waals surface area contributed by atoms with E-state index >= 15 is 0 Å². The molecule has 28 heavy (non-hydrogen) atoms. The van der Waals surface area contributed by atoms with Crippen LogP contribution in [0.4, 0.5) is 0 Å². The standard InChI is InChI=1S/C23H31ClO4/c1-13(25)23(28-14(2)26)10-7-18-16-12-20(24)19-11-15(27)5-8-21(19,3)17(16)6-9-22(18,23)4/h11,16-18,20H,5-10,12H2,1-4H3/t16-,17-,18+,20-,21+,22+,23+/m1/s1. The Bertz CT molecular complexity index is 773. The van der Waals surface area contributed by atoms with E-state index in [1.54, 1.807) is 6.92 Å². The minimum absolute atomic E-state index is 0.0283. The highest BCUT2D eigenvalue weighted by molar-refractivity contribution is 6.23. The summed E-state index contributed by atoms with van der Waals surface area (Å²) in [6, 6.07) is 0. The van der Waals surface area contributed by atoms with E-state index < -0.39 is 5.60 Å². The third kappa shape index (κ3) is 2.52. The molecule has 7 atom stereocenters. The molecule has 4 aliphatic rings. The number of ether oxygens (including phenoxy) is 1. The van der Waals surface area contributed by atoms with Gasteiger partial charge in [-0.3, -0.25) is 14.4 Å².